The molecule has 0 bridgehead atoms. The van der Waals surface area contributed by atoms with E-state index in [2.05, 4.69) is 20.9 Å². The summed E-state index contributed by atoms with van der Waals surface area (Å²) < 4.78 is 34.3. The molecule has 37 heavy (non-hydrogen) atoms. The van der Waals surface area contributed by atoms with E-state index in [-0.39, 0.29) is 19.1 Å². The summed E-state index contributed by atoms with van der Waals surface area (Å²) in [6, 6.07) is -0.0762. The molecule has 1 saturated heterocycles. The number of nitrogens with zero attached hydrogens (tertiary/aromatic N) is 2. The van der Waals surface area contributed by atoms with Crippen LogP contribution < -0.4 is 16.0 Å². The summed E-state index contributed by atoms with van der Waals surface area (Å²) in [5.74, 6) is -4.03. The molecular weight excluding hydrogens is 480 g/mol. The molecule has 0 unspecified atom stereocenters. The number of hydrogen-bond donors (Lipinski definition) is 3. The zero-order valence-electron chi connectivity index (χ0n) is 22.0. The van der Waals surface area contributed by atoms with Gasteiger partial charge in [-0.05, 0) is 51.6 Å². The maximum absolute atomic E-state index is 14.4. The minimum absolute atomic E-state index is 0.0762. The first-order chi connectivity index (χ1) is 17.8. The van der Waals surface area contributed by atoms with E-state index in [1.54, 1.807) is 6.20 Å². The number of halogens is 2. The van der Waals surface area contributed by atoms with Crippen LogP contribution in [0.3, 0.4) is 0 Å². The van der Waals surface area contributed by atoms with Crippen molar-refractivity contribution >= 4 is 35.5 Å². The zero-order valence-corrected chi connectivity index (χ0v) is 22.0. The summed E-state index contributed by atoms with van der Waals surface area (Å²) >= 11 is 0. The minimum Gasteiger partial charge on any atom is -0.377 e. The third kappa shape index (κ3) is 7.82. The summed E-state index contributed by atoms with van der Waals surface area (Å²) in [7, 11) is 0. The highest BCUT2D eigenvalue weighted by Crippen LogP contribution is 2.35. The highest BCUT2D eigenvalue weighted by Gasteiger charge is 2.42. The lowest BCUT2D eigenvalue weighted by Gasteiger charge is -2.35. The SMILES string of the molecule is CCCCNCC(F)(F)C(=O)N1CCC(Nc2ncc(C3=CCOCC3)c(C=C(C)C)c2NC=O)CC1. The second-order valence-electron chi connectivity index (χ2n) is 9.79. The van der Waals surface area contributed by atoms with Crippen LogP contribution in [0, 0.1) is 0 Å². The van der Waals surface area contributed by atoms with Crippen molar-refractivity contribution in [1.29, 1.82) is 0 Å². The van der Waals surface area contributed by atoms with Gasteiger partial charge < -0.3 is 25.6 Å². The largest absolute Gasteiger partial charge is 0.377 e. The number of unbranched alkanes of at least 4 members (excludes halogenated alkanes) is 1. The maximum atomic E-state index is 14.4. The monoisotopic (exact) mass is 519 g/mol. The van der Waals surface area contributed by atoms with Gasteiger partial charge in [0, 0.05) is 36.5 Å². The van der Waals surface area contributed by atoms with Gasteiger partial charge in [0.25, 0.3) is 5.91 Å². The van der Waals surface area contributed by atoms with E-state index in [9.17, 15) is 18.4 Å². The number of anilines is 2. The number of aromatic nitrogens is 1. The van der Waals surface area contributed by atoms with Crippen molar-refractivity contribution in [2.24, 2.45) is 0 Å². The molecule has 2 amide bonds. The molecule has 10 heteroatoms. The fourth-order valence-corrected chi connectivity index (χ4v) is 4.58. The van der Waals surface area contributed by atoms with Gasteiger partial charge in [-0.15, -0.1) is 0 Å². The molecule has 2 aliphatic heterocycles. The number of alkyl halides is 2. The van der Waals surface area contributed by atoms with E-state index >= 15 is 0 Å². The van der Waals surface area contributed by atoms with Crippen molar-refractivity contribution in [3.63, 3.8) is 0 Å². The minimum atomic E-state index is -3.43. The Labute approximate surface area is 217 Å². The number of piperidine rings is 1. The summed E-state index contributed by atoms with van der Waals surface area (Å²) in [5.41, 5.74) is 4.56. The van der Waals surface area contributed by atoms with E-state index in [4.69, 9.17) is 4.74 Å². The Morgan fingerprint density at radius 3 is 2.68 bits per heavy atom. The molecule has 0 atom stereocenters. The molecule has 1 aromatic heterocycles. The van der Waals surface area contributed by atoms with Crippen molar-refractivity contribution < 1.29 is 23.1 Å². The van der Waals surface area contributed by atoms with Gasteiger partial charge in [-0.2, -0.15) is 8.78 Å². The van der Waals surface area contributed by atoms with Gasteiger partial charge in [-0.1, -0.05) is 31.1 Å². The summed E-state index contributed by atoms with van der Waals surface area (Å²) in [4.78, 5) is 29.8. The summed E-state index contributed by atoms with van der Waals surface area (Å²) in [5, 5.41) is 8.88. The highest BCUT2D eigenvalue weighted by molar-refractivity contribution is 5.91. The number of hydrogen-bond acceptors (Lipinski definition) is 6. The standard InChI is InChI=1S/C27H39F2N5O3/c1-4-5-10-30-17-27(28,29)26(36)34-11-6-21(7-12-34)33-25-24(32-18-35)22(15-19(2)3)23(16-31-25)20-8-13-37-14-9-20/h8,15-16,18,21,30H,4-7,9-14,17H2,1-3H3,(H,31,33)(H,32,35). The lowest BCUT2D eigenvalue weighted by molar-refractivity contribution is -0.157. The van der Waals surface area contributed by atoms with E-state index in [1.165, 1.54) is 4.90 Å². The van der Waals surface area contributed by atoms with Gasteiger partial charge in [0.05, 0.1) is 25.4 Å². The topological polar surface area (TPSA) is 95.6 Å². The summed E-state index contributed by atoms with van der Waals surface area (Å²) in [6.45, 7) is 7.39. The Bertz CT molecular complexity index is 1000. The van der Waals surface area contributed by atoms with Gasteiger partial charge >= 0.3 is 5.92 Å². The first-order valence-electron chi connectivity index (χ1n) is 13.1. The number of pyridine rings is 1. The lowest BCUT2D eigenvalue weighted by atomic mass is 9.95. The Kier molecular flexibility index (Phi) is 10.6. The average molecular weight is 520 g/mol. The van der Waals surface area contributed by atoms with Gasteiger partial charge in [0.1, 0.15) is 0 Å². The zero-order chi connectivity index (χ0) is 26.8. The Balaban J connectivity index is 1.72. The first-order valence-corrected chi connectivity index (χ1v) is 13.1. The summed E-state index contributed by atoms with van der Waals surface area (Å²) in [6.07, 6.45) is 9.91. The average Bonchev–Trinajstić information content (AvgIpc) is 2.89. The Morgan fingerprint density at radius 1 is 1.30 bits per heavy atom. The van der Waals surface area contributed by atoms with Crippen LogP contribution in [0.15, 0.2) is 17.8 Å². The Hall–Kier alpha value is -2.85. The predicted molar refractivity (Wildman–Crippen MR) is 143 cm³/mol. The molecule has 0 aliphatic carbocycles. The predicted octanol–water partition coefficient (Wildman–Crippen LogP) is 4.30. The number of amides is 2. The number of carbonyl (C=O) groups excluding carboxylic acids is 2. The van der Waals surface area contributed by atoms with Crippen LogP contribution in [0.2, 0.25) is 0 Å². The van der Waals surface area contributed by atoms with Crippen LogP contribution in [-0.4, -0.2) is 73.6 Å². The molecule has 3 heterocycles. The van der Waals surface area contributed by atoms with E-state index in [0.29, 0.717) is 50.5 Å². The van der Waals surface area contributed by atoms with Crippen LogP contribution >= 0.6 is 0 Å². The molecule has 3 rings (SSSR count). The number of ether oxygens (including phenoxy) is 1. The third-order valence-electron chi connectivity index (χ3n) is 6.55. The van der Waals surface area contributed by atoms with Gasteiger partial charge in [0.2, 0.25) is 6.41 Å². The van der Waals surface area contributed by atoms with Gasteiger partial charge in [-0.25, -0.2) is 4.98 Å². The van der Waals surface area contributed by atoms with E-state index < -0.39 is 18.4 Å². The van der Waals surface area contributed by atoms with Gasteiger partial charge in [-0.3, -0.25) is 9.59 Å². The molecular formula is C27H39F2N5O3. The molecule has 0 spiro atoms. The highest BCUT2D eigenvalue weighted by atomic mass is 19.3. The van der Waals surface area contributed by atoms with Crippen LogP contribution in [0.1, 0.15) is 64.0 Å². The molecule has 1 fully saturated rings. The Morgan fingerprint density at radius 2 is 2.05 bits per heavy atom. The van der Waals surface area contributed by atoms with Crippen molar-refractivity contribution in [2.45, 2.75) is 64.8 Å². The number of nitrogens with one attached hydrogen (secondary N) is 3. The van der Waals surface area contributed by atoms with Gasteiger partial charge in [0.15, 0.2) is 5.82 Å². The lowest BCUT2D eigenvalue weighted by Crippen LogP contribution is -2.52. The third-order valence-corrected chi connectivity index (χ3v) is 6.55. The second-order valence-corrected chi connectivity index (χ2v) is 9.79. The number of likely N-dealkylation sites (tertiary alicyclic amines) is 1. The molecule has 0 aromatic carbocycles. The quantitative estimate of drug-likeness (QED) is 0.282. The molecule has 8 nitrogen and oxygen atoms in total. The molecule has 0 saturated carbocycles. The molecule has 3 N–H and O–H groups in total. The van der Waals surface area contributed by atoms with Crippen molar-refractivity contribution in [3.05, 3.63) is 29.0 Å². The molecule has 0 radical (unpaired) electrons. The van der Waals surface area contributed by atoms with Crippen LogP contribution in [0.5, 0.6) is 0 Å². The number of allylic oxidation sites excluding steroid dienone is 1. The van der Waals surface area contributed by atoms with E-state index in [0.717, 1.165) is 41.5 Å². The van der Waals surface area contributed by atoms with Crippen molar-refractivity contribution in [1.82, 2.24) is 15.2 Å². The van der Waals surface area contributed by atoms with Crippen LogP contribution in [-0.2, 0) is 14.3 Å². The van der Waals surface area contributed by atoms with Crippen molar-refractivity contribution in [2.75, 3.05) is 50.0 Å². The molecule has 204 valence electrons. The van der Waals surface area contributed by atoms with Crippen LogP contribution in [0.25, 0.3) is 11.6 Å². The van der Waals surface area contributed by atoms with Crippen molar-refractivity contribution in [3.8, 4) is 0 Å². The smallest absolute Gasteiger partial charge is 0.336 e. The fourth-order valence-electron chi connectivity index (χ4n) is 4.58. The fraction of sp³-hybridized carbons (Fsp3) is 0.593. The number of rotatable bonds is 12. The van der Waals surface area contributed by atoms with E-state index in [1.807, 2.05) is 32.9 Å². The normalized spacial score (nSPS) is 16.7. The van der Waals surface area contributed by atoms with Crippen LogP contribution in [0.4, 0.5) is 20.3 Å². The number of carbonyl (C=O) groups is 2. The maximum Gasteiger partial charge on any atom is 0.336 e. The first kappa shape index (κ1) is 28.7. The molecule has 1 aromatic rings. The molecule has 2 aliphatic rings. The second kappa shape index (κ2) is 13.6.